The molecule has 0 spiro atoms. The van der Waals surface area contributed by atoms with Gasteiger partial charge in [-0.25, -0.2) is 0 Å². The van der Waals surface area contributed by atoms with Gasteiger partial charge in [0.1, 0.15) is 0 Å². The molecule has 1 amide bonds. The summed E-state index contributed by atoms with van der Waals surface area (Å²) >= 11 is 0. The quantitative estimate of drug-likeness (QED) is 0.860. The maximum absolute atomic E-state index is 12.8. The van der Waals surface area contributed by atoms with Crippen molar-refractivity contribution in [2.45, 2.75) is 19.3 Å². The van der Waals surface area contributed by atoms with Crippen LogP contribution in [0.15, 0.2) is 48.8 Å². The van der Waals surface area contributed by atoms with Crippen LogP contribution in [0.1, 0.15) is 19.3 Å². The molecular formula is C20H24N4O. The molecule has 0 bridgehead atoms. The van der Waals surface area contributed by atoms with E-state index in [4.69, 9.17) is 0 Å². The van der Waals surface area contributed by atoms with Gasteiger partial charge < -0.3 is 14.7 Å². The highest BCUT2D eigenvalue weighted by Crippen LogP contribution is 2.37. The third kappa shape index (κ3) is 3.37. The average Bonchev–Trinajstić information content (AvgIpc) is 3.19. The van der Waals surface area contributed by atoms with Crippen molar-refractivity contribution in [3.8, 4) is 0 Å². The van der Waals surface area contributed by atoms with Gasteiger partial charge in [0.2, 0.25) is 5.91 Å². The van der Waals surface area contributed by atoms with E-state index in [0.717, 1.165) is 43.2 Å². The smallest absolute Gasteiger partial charge is 0.228 e. The molecule has 130 valence electrons. The maximum atomic E-state index is 12.8. The number of pyridine rings is 1. The molecule has 2 aliphatic rings. The predicted octanol–water partition coefficient (Wildman–Crippen LogP) is 3.05. The monoisotopic (exact) mass is 336 g/mol. The largest absolute Gasteiger partial charge is 0.337 e. The molecule has 0 saturated carbocycles. The summed E-state index contributed by atoms with van der Waals surface area (Å²) in [5, 5.41) is 0. The van der Waals surface area contributed by atoms with E-state index in [1.54, 1.807) is 6.20 Å². The van der Waals surface area contributed by atoms with Crippen molar-refractivity contribution >= 4 is 23.0 Å². The first-order valence-electron chi connectivity index (χ1n) is 9.12. The van der Waals surface area contributed by atoms with Gasteiger partial charge in [0.15, 0.2) is 0 Å². The van der Waals surface area contributed by atoms with Crippen LogP contribution in [-0.2, 0) is 4.79 Å². The number of carbonyl (C=O) groups is 1. The van der Waals surface area contributed by atoms with Gasteiger partial charge in [-0.2, -0.15) is 0 Å². The van der Waals surface area contributed by atoms with Crippen LogP contribution in [0.25, 0.3) is 0 Å². The van der Waals surface area contributed by atoms with E-state index in [2.05, 4.69) is 26.9 Å². The fourth-order valence-corrected chi connectivity index (χ4v) is 3.80. The van der Waals surface area contributed by atoms with Crippen molar-refractivity contribution in [3.05, 3.63) is 48.8 Å². The molecule has 5 heteroatoms. The van der Waals surface area contributed by atoms with Gasteiger partial charge in [-0.3, -0.25) is 9.78 Å². The number of nitrogens with zero attached hydrogens (tertiary/aromatic N) is 4. The lowest BCUT2D eigenvalue weighted by atomic mass is 10.1. The molecule has 1 fully saturated rings. The Bertz CT molecular complexity index is 727. The van der Waals surface area contributed by atoms with Gasteiger partial charge >= 0.3 is 0 Å². The summed E-state index contributed by atoms with van der Waals surface area (Å²) in [7, 11) is 0. The lowest BCUT2D eigenvalue weighted by molar-refractivity contribution is -0.118. The molecule has 0 atom stereocenters. The zero-order chi connectivity index (χ0) is 17.1. The topological polar surface area (TPSA) is 39.7 Å². The summed E-state index contributed by atoms with van der Waals surface area (Å²) in [6.07, 6.45) is 6.79. The number of likely N-dealkylation sites (tertiary alicyclic amines) is 1. The minimum Gasteiger partial charge on any atom is -0.337 e. The average molecular weight is 336 g/mol. The van der Waals surface area contributed by atoms with Crippen LogP contribution in [0.2, 0.25) is 0 Å². The first kappa shape index (κ1) is 16.1. The molecule has 1 saturated heterocycles. The van der Waals surface area contributed by atoms with Crippen molar-refractivity contribution in [3.63, 3.8) is 0 Å². The zero-order valence-corrected chi connectivity index (χ0v) is 14.5. The molecule has 1 aromatic heterocycles. The number of benzene rings is 1. The molecule has 4 rings (SSSR count). The molecule has 0 aliphatic carbocycles. The Morgan fingerprint density at radius 1 is 0.960 bits per heavy atom. The van der Waals surface area contributed by atoms with E-state index >= 15 is 0 Å². The van der Waals surface area contributed by atoms with Gasteiger partial charge in [-0.15, -0.1) is 0 Å². The molecule has 0 N–H and O–H groups in total. The van der Waals surface area contributed by atoms with E-state index in [-0.39, 0.29) is 5.91 Å². The van der Waals surface area contributed by atoms with Crippen molar-refractivity contribution < 1.29 is 4.79 Å². The van der Waals surface area contributed by atoms with E-state index < -0.39 is 0 Å². The van der Waals surface area contributed by atoms with E-state index in [0.29, 0.717) is 13.0 Å². The van der Waals surface area contributed by atoms with Crippen LogP contribution in [0.3, 0.4) is 0 Å². The first-order valence-corrected chi connectivity index (χ1v) is 9.12. The van der Waals surface area contributed by atoms with Crippen LogP contribution in [0.4, 0.5) is 17.1 Å². The Balaban J connectivity index is 1.53. The Morgan fingerprint density at radius 2 is 1.76 bits per heavy atom. The second kappa shape index (κ2) is 7.23. The lowest BCUT2D eigenvalue weighted by Crippen LogP contribution is -2.43. The molecule has 2 aromatic rings. The highest BCUT2D eigenvalue weighted by atomic mass is 16.2. The summed E-state index contributed by atoms with van der Waals surface area (Å²) in [5.74, 6) is 0.227. The number of aromatic nitrogens is 1. The van der Waals surface area contributed by atoms with Gasteiger partial charge in [-0.05, 0) is 50.2 Å². The van der Waals surface area contributed by atoms with Crippen molar-refractivity contribution in [2.24, 2.45) is 0 Å². The normalized spacial score (nSPS) is 17.6. The number of anilines is 3. The van der Waals surface area contributed by atoms with Crippen LogP contribution in [0, 0.1) is 0 Å². The lowest BCUT2D eigenvalue weighted by Gasteiger charge is -2.37. The Hall–Kier alpha value is -2.40. The second-order valence-corrected chi connectivity index (χ2v) is 6.70. The van der Waals surface area contributed by atoms with E-state index in [1.165, 1.54) is 12.8 Å². The Labute approximate surface area is 148 Å². The standard InChI is InChI=1S/C20H24N4O/c25-20(9-13-22-11-3-4-12-22)24-15-14-23(17-6-5-10-21-16-17)18-7-1-2-8-19(18)24/h1-2,5-8,10,16H,3-4,9,11-15H2. The molecular weight excluding hydrogens is 312 g/mol. The minimum atomic E-state index is 0.227. The van der Waals surface area contributed by atoms with E-state index in [1.807, 2.05) is 35.4 Å². The maximum Gasteiger partial charge on any atom is 0.228 e. The molecule has 0 radical (unpaired) electrons. The SMILES string of the molecule is O=C(CCN1CCCC1)N1CCN(c2cccnc2)c2ccccc21. The third-order valence-corrected chi connectivity index (χ3v) is 5.11. The summed E-state index contributed by atoms with van der Waals surface area (Å²) in [4.78, 5) is 23.7. The van der Waals surface area contributed by atoms with Gasteiger partial charge in [0, 0.05) is 32.3 Å². The molecule has 1 aromatic carbocycles. The Morgan fingerprint density at radius 3 is 2.52 bits per heavy atom. The minimum absolute atomic E-state index is 0.227. The number of amides is 1. The third-order valence-electron chi connectivity index (χ3n) is 5.11. The number of hydrogen-bond donors (Lipinski definition) is 0. The number of carbonyl (C=O) groups excluding carboxylic acids is 1. The Kier molecular flexibility index (Phi) is 4.65. The fourth-order valence-electron chi connectivity index (χ4n) is 3.80. The van der Waals surface area contributed by atoms with Gasteiger partial charge in [-0.1, -0.05) is 12.1 Å². The number of para-hydroxylation sites is 2. The van der Waals surface area contributed by atoms with Crippen LogP contribution in [0.5, 0.6) is 0 Å². The second-order valence-electron chi connectivity index (χ2n) is 6.70. The summed E-state index contributed by atoms with van der Waals surface area (Å²) in [5.41, 5.74) is 3.15. The zero-order valence-electron chi connectivity index (χ0n) is 14.5. The highest BCUT2D eigenvalue weighted by molar-refractivity contribution is 5.98. The van der Waals surface area contributed by atoms with Gasteiger partial charge in [0.25, 0.3) is 0 Å². The van der Waals surface area contributed by atoms with Crippen molar-refractivity contribution in [2.75, 3.05) is 42.5 Å². The molecule has 5 nitrogen and oxygen atoms in total. The highest BCUT2D eigenvalue weighted by Gasteiger charge is 2.27. The first-order chi connectivity index (χ1) is 12.3. The summed E-state index contributed by atoms with van der Waals surface area (Å²) < 4.78 is 0. The van der Waals surface area contributed by atoms with Crippen LogP contribution in [-0.4, -0.2) is 48.5 Å². The van der Waals surface area contributed by atoms with Crippen molar-refractivity contribution in [1.82, 2.24) is 9.88 Å². The predicted molar refractivity (Wildman–Crippen MR) is 100 cm³/mol. The van der Waals surface area contributed by atoms with Gasteiger partial charge in [0.05, 0.1) is 23.3 Å². The van der Waals surface area contributed by atoms with E-state index in [9.17, 15) is 4.79 Å². The molecule has 2 aliphatic heterocycles. The van der Waals surface area contributed by atoms with Crippen LogP contribution >= 0.6 is 0 Å². The number of hydrogen-bond acceptors (Lipinski definition) is 4. The fraction of sp³-hybridized carbons (Fsp3) is 0.400. The molecule has 0 unspecified atom stereocenters. The van der Waals surface area contributed by atoms with Crippen LogP contribution < -0.4 is 9.80 Å². The number of fused-ring (bicyclic) bond motifs is 1. The van der Waals surface area contributed by atoms with Crippen molar-refractivity contribution in [1.29, 1.82) is 0 Å². The summed E-state index contributed by atoms with van der Waals surface area (Å²) in [6.45, 7) is 4.66. The summed E-state index contributed by atoms with van der Waals surface area (Å²) in [6, 6.07) is 12.2. The number of rotatable bonds is 4. The molecule has 3 heterocycles. The molecule has 25 heavy (non-hydrogen) atoms.